The molecule has 0 aromatic rings. The van der Waals surface area contributed by atoms with E-state index in [4.69, 9.17) is 15.7 Å². The van der Waals surface area contributed by atoms with E-state index in [0.717, 1.165) is 23.8 Å². The van der Waals surface area contributed by atoms with E-state index < -0.39 is 24.1 Å². The fraction of sp³-hybridized carbons (Fsp3) is 0.667. The maximum absolute atomic E-state index is 11.3. The molecule has 0 saturated carbocycles. The van der Waals surface area contributed by atoms with Crippen LogP contribution in [-0.4, -0.2) is 75.0 Å². The summed E-state index contributed by atoms with van der Waals surface area (Å²) in [6.07, 6.45) is 0.680. The van der Waals surface area contributed by atoms with Crippen LogP contribution in [0.15, 0.2) is 4.99 Å². The lowest BCUT2D eigenvalue weighted by molar-refractivity contribution is -0.142. The Bertz CT molecular complexity index is 359. The first-order valence-electron chi connectivity index (χ1n) is 5.20. The van der Waals surface area contributed by atoms with Crippen LogP contribution in [0.1, 0.15) is 6.92 Å². The number of rotatable bonds is 4. The first-order chi connectivity index (χ1) is 8.76. The molecule has 1 amide bonds. The number of amides is 1. The lowest BCUT2D eigenvalue weighted by Crippen LogP contribution is -2.54. The minimum Gasteiger partial charge on any atom is -0.468 e. The molecule has 0 aromatic carbocycles. The minimum atomic E-state index is -2.37. The summed E-state index contributed by atoms with van der Waals surface area (Å²) in [5.74, 6) is -0.708. The highest BCUT2D eigenvalue weighted by molar-refractivity contribution is 8.13. The van der Waals surface area contributed by atoms with Gasteiger partial charge in [0.1, 0.15) is 22.2 Å². The quantitative estimate of drug-likeness (QED) is 0.239. The number of carbonyl (C=O) groups excluding carboxylic acids is 2. The van der Waals surface area contributed by atoms with E-state index in [1.54, 1.807) is 13.2 Å². The van der Waals surface area contributed by atoms with Crippen molar-refractivity contribution in [2.75, 3.05) is 26.5 Å². The molecule has 0 atom stereocenters. The number of hydrogen-bond donors (Lipinski definition) is 1. The Kier molecular flexibility index (Phi) is 7.62. The number of ether oxygens (including phenoxy) is 2. The maximum atomic E-state index is 11.3. The highest BCUT2D eigenvalue weighted by atomic mass is 32.2. The van der Waals surface area contributed by atoms with Gasteiger partial charge in [0.25, 0.3) is 0 Å². The smallest absolute Gasteiger partial charge is 0.436 e. The van der Waals surface area contributed by atoms with Crippen molar-refractivity contribution in [3.63, 3.8) is 0 Å². The molecular formula is C9H14B2N2O5S. The molecule has 0 aromatic heterocycles. The van der Waals surface area contributed by atoms with E-state index in [0.29, 0.717) is 0 Å². The molecule has 0 saturated heterocycles. The van der Waals surface area contributed by atoms with E-state index in [-0.39, 0.29) is 11.8 Å². The van der Waals surface area contributed by atoms with Gasteiger partial charge in [-0.2, -0.15) is 4.99 Å². The Morgan fingerprint density at radius 1 is 1.47 bits per heavy atom. The summed E-state index contributed by atoms with van der Waals surface area (Å²) >= 11 is 0.959. The van der Waals surface area contributed by atoms with Crippen molar-refractivity contribution in [1.29, 1.82) is 0 Å². The molecule has 102 valence electrons. The van der Waals surface area contributed by atoms with Crippen LogP contribution in [0.2, 0.25) is 0 Å². The third-order valence-electron chi connectivity index (χ3n) is 1.82. The molecule has 7 nitrogen and oxygen atoms in total. The van der Waals surface area contributed by atoms with Crippen LogP contribution in [0, 0.1) is 0 Å². The number of hydrogen-bond acceptors (Lipinski definition) is 6. The lowest BCUT2D eigenvalue weighted by atomic mass is 9.72. The van der Waals surface area contributed by atoms with Crippen LogP contribution in [0.5, 0.6) is 0 Å². The normalized spacial score (nSPS) is 11.9. The van der Waals surface area contributed by atoms with Crippen molar-refractivity contribution in [1.82, 2.24) is 4.90 Å². The van der Waals surface area contributed by atoms with Crippen molar-refractivity contribution < 1.29 is 24.2 Å². The molecule has 10 heteroatoms. The number of nitrogens with zero attached hydrogens (tertiary/aromatic N) is 2. The Labute approximate surface area is 118 Å². The average Bonchev–Trinajstić information content (AvgIpc) is 2.32. The molecule has 0 heterocycles. The maximum Gasteiger partial charge on any atom is 0.436 e. The lowest BCUT2D eigenvalue weighted by Gasteiger charge is -2.36. The van der Waals surface area contributed by atoms with Gasteiger partial charge in [-0.15, -0.1) is 0 Å². The molecule has 0 rings (SSSR count). The number of amidine groups is 1. The molecule has 0 spiro atoms. The second-order valence-electron chi connectivity index (χ2n) is 3.24. The number of carbonyl (C=O) groups is 2. The van der Waals surface area contributed by atoms with E-state index in [1.165, 1.54) is 0 Å². The van der Waals surface area contributed by atoms with Crippen molar-refractivity contribution in [2.45, 2.75) is 12.4 Å². The minimum absolute atomic E-state index is 0.0728. The number of methoxy groups -OCH3 is 1. The van der Waals surface area contributed by atoms with Gasteiger partial charge >= 0.3 is 12.1 Å². The number of thioether (sulfide) groups is 1. The van der Waals surface area contributed by atoms with Crippen molar-refractivity contribution in [2.24, 2.45) is 4.99 Å². The molecule has 0 bridgehead atoms. The molecule has 0 fully saturated rings. The molecule has 1 N–H and O–H groups in total. The number of aliphatic imine (C=N–C) groups is 1. The molecule has 0 aliphatic heterocycles. The van der Waals surface area contributed by atoms with Crippen molar-refractivity contribution in [3.8, 4) is 0 Å². The third-order valence-corrected chi connectivity index (χ3v) is 2.49. The standard InChI is InChI=1S/C9H14B2N2O5S/c1-4-18-8(15)12-7(19-3)13(9(10,11)16)5-6(14)17-2/h16H,4-5H2,1-3H3. The van der Waals surface area contributed by atoms with Crippen molar-refractivity contribution >= 4 is 44.7 Å². The van der Waals surface area contributed by atoms with Crippen molar-refractivity contribution in [3.05, 3.63) is 0 Å². The number of aliphatic hydroxyl groups is 1. The summed E-state index contributed by atoms with van der Waals surface area (Å²) in [6.45, 7) is 1.27. The monoisotopic (exact) mass is 284 g/mol. The van der Waals surface area contributed by atoms with Gasteiger partial charge in [-0.05, 0) is 13.2 Å². The Morgan fingerprint density at radius 2 is 2.05 bits per heavy atom. The largest absolute Gasteiger partial charge is 0.468 e. The third kappa shape index (κ3) is 6.53. The summed E-state index contributed by atoms with van der Waals surface area (Å²) in [5, 5.41) is 9.52. The zero-order valence-corrected chi connectivity index (χ0v) is 11.8. The second kappa shape index (κ2) is 8.11. The predicted octanol–water partition coefficient (Wildman–Crippen LogP) is -0.722. The highest BCUT2D eigenvalue weighted by Gasteiger charge is 2.28. The molecule has 4 radical (unpaired) electrons. The molecule has 0 aliphatic rings. The predicted molar refractivity (Wildman–Crippen MR) is 73.2 cm³/mol. The van der Waals surface area contributed by atoms with Gasteiger partial charge in [-0.1, -0.05) is 11.8 Å². The number of esters is 1. The molecule has 0 unspecified atom stereocenters. The Morgan fingerprint density at radius 3 is 2.42 bits per heavy atom. The summed E-state index contributed by atoms with van der Waals surface area (Å²) in [6, 6.07) is 0. The van der Waals surface area contributed by atoms with E-state index in [9.17, 15) is 14.7 Å². The van der Waals surface area contributed by atoms with Gasteiger partial charge in [-0.25, -0.2) is 4.79 Å². The SMILES string of the molecule is [B]C([B])(O)N(CC(=O)OC)C(=NC(=O)OCC)SC. The Balaban J connectivity index is 5.19. The van der Waals surface area contributed by atoms with E-state index in [1.807, 2.05) is 0 Å². The molecular weight excluding hydrogens is 270 g/mol. The first kappa shape index (κ1) is 17.8. The molecule has 0 aliphatic carbocycles. The van der Waals surface area contributed by atoms with Gasteiger partial charge in [0.2, 0.25) is 0 Å². The van der Waals surface area contributed by atoms with Crippen LogP contribution in [-0.2, 0) is 14.3 Å². The van der Waals surface area contributed by atoms with E-state index in [2.05, 4.69) is 14.5 Å². The first-order valence-corrected chi connectivity index (χ1v) is 6.42. The highest BCUT2D eigenvalue weighted by Crippen LogP contribution is 2.13. The van der Waals surface area contributed by atoms with Crippen LogP contribution in [0.25, 0.3) is 0 Å². The summed E-state index contributed by atoms with van der Waals surface area (Å²) < 4.78 is 9.06. The fourth-order valence-corrected chi connectivity index (χ4v) is 1.59. The summed E-state index contributed by atoms with van der Waals surface area (Å²) in [7, 11) is 11.8. The summed E-state index contributed by atoms with van der Waals surface area (Å²) in [4.78, 5) is 26.9. The zero-order valence-electron chi connectivity index (χ0n) is 11.0. The second-order valence-corrected chi connectivity index (χ2v) is 4.02. The topological polar surface area (TPSA) is 88.4 Å². The van der Waals surface area contributed by atoms with Gasteiger partial charge < -0.3 is 19.5 Å². The molecule has 19 heavy (non-hydrogen) atoms. The average molecular weight is 284 g/mol. The van der Waals surface area contributed by atoms with E-state index >= 15 is 0 Å². The zero-order chi connectivity index (χ0) is 15.1. The van der Waals surface area contributed by atoms with Gasteiger partial charge in [0, 0.05) is 0 Å². The summed E-state index contributed by atoms with van der Waals surface area (Å²) in [5.41, 5.74) is -2.37. The van der Waals surface area contributed by atoms with Gasteiger partial charge in [0.05, 0.1) is 19.2 Å². The van der Waals surface area contributed by atoms with Crippen LogP contribution < -0.4 is 0 Å². The fourth-order valence-electron chi connectivity index (χ4n) is 0.991. The van der Waals surface area contributed by atoms with Crippen LogP contribution in [0.4, 0.5) is 4.79 Å². The van der Waals surface area contributed by atoms with Gasteiger partial charge in [0.15, 0.2) is 5.17 Å². The Hall–Kier alpha value is -1.15. The van der Waals surface area contributed by atoms with Crippen LogP contribution in [0.3, 0.4) is 0 Å². The van der Waals surface area contributed by atoms with Gasteiger partial charge in [-0.3, -0.25) is 4.79 Å². The van der Waals surface area contributed by atoms with Crippen LogP contribution >= 0.6 is 11.8 Å².